The van der Waals surface area contributed by atoms with Crippen molar-refractivity contribution in [2.24, 2.45) is 0 Å². The summed E-state index contributed by atoms with van der Waals surface area (Å²) in [5.41, 5.74) is 0.387. The zero-order valence-electron chi connectivity index (χ0n) is 10.2. The molecule has 1 atom stereocenters. The zero-order chi connectivity index (χ0) is 14.0. The lowest BCUT2D eigenvalue weighted by molar-refractivity contribution is -0.179. The highest BCUT2D eigenvalue weighted by Crippen LogP contribution is 1.96. The summed E-state index contributed by atoms with van der Waals surface area (Å²) in [5, 5.41) is 2.31. The molecule has 18 heavy (non-hydrogen) atoms. The first-order valence-corrected chi connectivity index (χ1v) is 5.11. The molecule has 6 nitrogen and oxygen atoms in total. The Labute approximate surface area is 105 Å². The van der Waals surface area contributed by atoms with Gasteiger partial charge >= 0.3 is 11.9 Å². The van der Waals surface area contributed by atoms with Gasteiger partial charge in [-0.2, -0.15) is 0 Å². The average Bonchev–Trinajstić information content (AvgIpc) is 2.29. The predicted molar refractivity (Wildman–Crippen MR) is 63.9 cm³/mol. The Bertz CT molecular complexity index is 384. The van der Waals surface area contributed by atoms with Gasteiger partial charge in [-0.25, -0.2) is 4.79 Å². The Morgan fingerprint density at radius 2 is 2.06 bits per heavy atom. The normalized spacial score (nSPS) is 12.7. The molecular weight excluding hydrogens is 238 g/mol. The van der Waals surface area contributed by atoms with Gasteiger partial charge in [0.1, 0.15) is 0 Å². The van der Waals surface area contributed by atoms with Crippen molar-refractivity contribution in [1.29, 1.82) is 0 Å². The molecule has 98 valence electrons. The Hall–Kier alpha value is -2.37. The van der Waals surface area contributed by atoms with Crippen molar-refractivity contribution in [1.82, 2.24) is 5.32 Å². The number of esters is 1. The maximum atomic E-state index is 11.4. The van der Waals surface area contributed by atoms with Gasteiger partial charge in [0.05, 0.1) is 0 Å². The van der Waals surface area contributed by atoms with Gasteiger partial charge in [0.25, 0.3) is 6.47 Å². The van der Waals surface area contributed by atoms with Crippen LogP contribution in [0, 0.1) is 0 Å². The van der Waals surface area contributed by atoms with Crippen LogP contribution >= 0.6 is 0 Å². The third kappa shape index (κ3) is 6.26. The van der Waals surface area contributed by atoms with Crippen LogP contribution in [0.5, 0.6) is 0 Å². The second-order valence-corrected chi connectivity index (χ2v) is 3.02. The van der Waals surface area contributed by atoms with Gasteiger partial charge in [-0.3, -0.25) is 9.59 Å². The van der Waals surface area contributed by atoms with Crippen molar-refractivity contribution in [2.45, 2.75) is 20.1 Å². The maximum Gasteiger partial charge on any atom is 0.400 e. The summed E-state index contributed by atoms with van der Waals surface area (Å²) in [6, 6.07) is 0. The summed E-state index contributed by atoms with van der Waals surface area (Å²) in [5.74, 6) is -2.12. The molecule has 0 aliphatic carbocycles. The monoisotopic (exact) mass is 253 g/mol. The third-order valence-electron chi connectivity index (χ3n) is 1.61. The summed E-state index contributed by atoms with van der Waals surface area (Å²) >= 11 is 0. The van der Waals surface area contributed by atoms with Crippen LogP contribution < -0.4 is 5.32 Å². The van der Waals surface area contributed by atoms with Crippen LogP contribution in [0.2, 0.25) is 0 Å². The quantitative estimate of drug-likeness (QED) is 0.249. The SMILES string of the molecule is C=CC=C(C=CC)NC(=O)C(=O)OC(C)OC=O. The van der Waals surface area contributed by atoms with Crippen molar-refractivity contribution in [2.75, 3.05) is 0 Å². The Balaban J connectivity index is 4.46. The fraction of sp³-hybridized carbons (Fsp3) is 0.250. The van der Waals surface area contributed by atoms with E-state index in [-0.39, 0.29) is 6.47 Å². The van der Waals surface area contributed by atoms with E-state index in [4.69, 9.17) is 0 Å². The number of carbonyl (C=O) groups excluding carboxylic acids is 3. The fourth-order valence-corrected chi connectivity index (χ4v) is 0.938. The first-order chi connectivity index (χ1) is 8.54. The lowest BCUT2D eigenvalue weighted by Gasteiger charge is -2.10. The summed E-state index contributed by atoms with van der Waals surface area (Å²) in [4.78, 5) is 32.6. The Morgan fingerprint density at radius 1 is 1.39 bits per heavy atom. The number of hydrogen-bond acceptors (Lipinski definition) is 5. The smallest absolute Gasteiger partial charge is 0.400 e. The van der Waals surface area contributed by atoms with Crippen LogP contribution in [0.1, 0.15) is 13.8 Å². The van der Waals surface area contributed by atoms with Gasteiger partial charge in [-0.05, 0) is 19.1 Å². The van der Waals surface area contributed by atoms with Crippen molar-refractivity contribution in [3.8, 4) is 0 Å². The van der Waals surface area contributed by atoms with Crippen LogP contribution in [0.15, 0.2) is 36.6 Å². The second kappa shape index (κ2) is 8.74. The molecule has 0 saturated heterocycles. The summed E-state index contributed by atoms with van der Waals surface area (Å²) in [7, 11) is 0. The molecule has 0 aromatic heterocycles. The molecule has 0 bridgehead atoms. The molecule has 0 spiro atoms. The number of carbonyl (C=O) groups is 3. The molecule has 0 radical (unpaired) electrons. The average molecular weight is 253 g/mol. The summed E-state index contributed by atoms with van der Waals surface area (Å²) in [6.45, 7) is 6.66. The van der Waals surface area contributed by atoms with Crippen LogP contribution in [-0.4, -0.2) is 24.6 Å². The Morgan fingerprint density at radius 3 is 2.56 bits per heavy atom. The topological polar surface area (TPSA) is 81.7 Å². The number of rotatable bonds is 6. The van der Waals surface area contributed by atoms with Crippen molar-refractivity contribution >= 4 is 18.3 Å². The number of hydrogen-bond donors (Lipinski definition) is 1. The molecule has 1 N–H and O–H groups in total. The Kier molecular flexibility index (Phi) is 7.59. The van der Waals surface area contributed by atoms with E-state index in [1.54, 1.807) is 19.1 Å². The molecule has 0 aliphatic rings. The van der Waals surface area contributed by atoms with Crippen molar-refractivity contribution < 1.29 is 23.9 Å². The molecular formula is C12H15NO5. The minimum atomic E-state index is -1.15. The first kappa shape index (κ1) is 15.6. The molecule has 0 aliphatic heterocycles. The molecule has 6 heteroatoms. The van der Waals surface area contributed by atoms with Gasteiger partial charge in [-0.15, -0.1) is 0 Å². The molecule has 1 unspecified atom stereocenters. The number of amides is 1. The summed E-state index contributed by atoms with van der Waals surface area (Å²) < 4.78 is 8.84. The lowest BCUT2D eigenvalue weighted by Crippen LogP contribution is -2.34. The maximum absolute atomic E-state index is 11.4. The van der Waals surface area contributed by atoms with E-state index < -0.39 is 18.2 Å². The highest BCUT2D eigenvalue weighted by Gasteiger charge is 2.19. The highest BCUT2D eigenvalue weighted by molar-refractivity contribution is 6.33. The second-order valence-electron chi connectivity index (χ2n) is 3.02. The number of ether oxygens (including phenoxy) is 2. The van der Waals surface area contributed by atoms with Gasteiger partial charge in [-0.1, -0.05) is 18.7 Å². The third-order valence-corrected chi connectivity index (χ3v) is 1.61. The molecule has 0 heterocycles. The molecule has 0 aromatic carbocycles. The van der Waals surface area contributed by atoms with Crippen molar-refractivity contribution in [3.63, 3.8) is 0 Å². The largest absolute Gasteiger partial charge is 0.428 e. The van der Waals surface area contributed by atoms with E-state index in [2.05, 4.69) is 21.4 Å². The molecule has 0 aromatic rings. The molecule has 1 amide bonds. The number of allylic oxidation sites excluding steroid dienone is 4. The molecule has 0 saturated carbocycles. The predicted octanol–water partition coefficient (Wildman–Crippen LogP) is 0.811. The minimum absolute atomic E-state index is 0.124. The highest BCUT2D eigenvalue weighted by atomic mass is 16.7. The summed E-state index contributed by atoms with van der Waals surface area (Å²) in [6.07, 6.45) is 5.11. The molecule has 0 fully saturated rings. The lowest BCUT2D eigenvalue weighted by atomic mass is 10.3. The van der Waals surface area contributed by atoms with Gasteiger partial charge in [0.15, 0.2) is 0 Å². The standard InChI is InChI=1S/C12H15NO5/c1-4-6-10(7-5-2)13-11(15)12(16)18-9(3)17-8-14/h4-9H,1H2,2-3H3,(H,13,15). The van der Waals surface area contributed by atoms with Crippen LogP contribution in [-0.2, 0) is 23.9 Å². The number of nitrogens with one attached hydrogen (secondary N) is 1. The van der Waals surface area contributed by atoms with Crippen LogP contribution in [0.25, 0.3) is 0 Å². The van der Waals surface area contributed by atoms with Gasteiger partial charge in [0.2, 0.25) is 6.29 Å². The van der Waals surface area contributed by atoms with E-state index in [0.717, 1.165) is 0 Å². The van der Waals surface area contributed by atoms with Gasteiger partial charge < -0.3 is 14.8 Å². The van der Waals surface area contributed by atoms with E-state index in [9.17, 15) is 14.4 Å². The van der Waals surface area contributed by atoms with E-state index >= 15 is 0 Å². The first-order valence-electron chi connectivity index (χ1n) is 5.11. The zero-order valence-corrected chi connectivity index (χ0v) is 10.2. The van der Waals surface area contributed by atoms with Crippen molar-refractivity contribution in [3.05, 3.63) is 36.6 Å². The minimum Gasteiger partial charge on any atom is -0.428 e. The van der Waals surface area contributed by atoms with Gasteiger partial charge in [0, 0.05) is 12.6 Å². The fourth-order valence-electron chi connectivity index (χ4n) is 0.938. The van der Waals surface area contributed by atoms with E-state index in [0.29, 0.717) is 5.70 Å². The van der Waals surface area contributed by atoms with E-state index in [1.165, 1.54) is 19.1 Å². The van der Waals surface area contributed by atoms with E-state index in [1.807, 2.05) is 0 Å². The van der Waals surface area contributed by atoms with Crippen LogP contribution in [0.3, 0.4) is 0 Å². The molecule has 0 rings (SSSR count). The van der Waals surface area contributed by atoms with Crippen LogP contribution in [0.4, 0.5) is 0 Å².